The first-order chi connectivity index (χ1) is 9.56. The number of benzene rings is 1. The van der Waals surface area contributed by atoms with Crippen LogP contribution >= 0.6 is 0 Å². The summed E-state index contributed by atoms with van der Waals surface area (Å²) in [5, 5.41) is 12.7. The number of nitrogens with zero attached hydrogens (tertiary/aromatic N) is 1. The molecule has 1 fully saturated rings. The van der Waals surface area contributed by atoms with E-state index in [1.807, 2.05) is 12.1 Å². The van der Waals surface area contributed by atoms with Gasteiger partial charge >= 0.3 is 5.97 Å². The molecule has 0 aromatic heterocycles. The molecule has 0 bridgehead atoms. The lowest BCUT2D eigenvalue weighted by atomic mass is 9.85. The van der Waals surface area contributed by atoms with E-state index < -0.39 is 5.97 Å². The number of nitrogens with one attached hydrogen (secondary N) is 1. The molecule has 4 heteroatoms. The summed E-state index contributed by atoms with van der Waals surface area (Å²) in [6.45, 7) is 0.887. The van der Waals surface area contributed by atoms with Gasteiger partial charge < -0.3 is 15.3 Å². The molecule has 2 atom stereocenters. The van der Waals surface area contributed by atoms with Crippen LogP contribution in [0.4, 0.5) is 5.69 Å². The molecular weight excluding hydrogens is 252 g/mol. The molecule has 4 nitrogen and oxygen atoms in total. The van der Waals surface area contributed by atoms with Gasteiger partial charge in [-0.05, 0) is 45.0 Å². The minimum atomic E-state index is -0.655. The number of para-hydroxylation sites is 1. The number of carboxylic acids is 1. The van der Waals surface area contributed by atoms with Gasteiger partial charge in [0.25, 0.3) is 0 Å². The Morgan fingerprint density at radius 1 is 1.35 bits per heavy atom. The first-order valence-electron chi connectivity index (χ1n) is 7.28. The summed E-state index contributed by atoms with van der Waals surface area (Å²) < 4.78 is 0. The molecule has 2 unspecified atom stereocenters. The number of carbonyl (C=O) groups is 1. The molecule has 0 aliphatic heterocycles. The summed E-state index contributed by atoms with van der Waals surface area (Å²) in [6, 6.07) is 8.56. The van der Waals surface area contributed by atoms with Crippen LogP contribution < -0.4 is 5.32 Å². The average molecular weight is 276 g/mol. The van der Waals surface area contributed by atoms with E-state index in [4.69, 9.17) is 5.11 Å². The molecule has 1 aliphatic rings. The summed E-state index contributed by atoms with van der Waals surface area (Å²) in [7, 11) is 4.11. The second-order valence-corrected chi connectivity index (χ2v) is 5.94. The molecule has 0 spiro atoms. The molecule has 0 heterocycles. The van der Waals surface area contributed by atoms with Gasteiger partial charge in [0.05, 0.1) is 5.92 Å². The Labute approximate surface area is 120 Å². The van der Waals surface area contributed by atoms with Gasteiger partial charge in [-0.15, -0.1) is 0 Å². The van der Waals surface area contributed by atoms with Crippen molar-refractivity contribution in [3.63, 3.8) is 0 Å². The van der Waals surface area contributed by atoms with Gasteiger partial charge in [0.15, 0.2) is 0 Å². The predicted octanol–water partition coefficient (Wildman–Crippen LogP) is 2.80. The number of carboxylic acid groups (broad SMARTS) is 1. The maximum absolute atomic E-state index is 11.1. The van der Waals surface area contributed by atoms with Gasteiger partial charge in [-0.25, -0.2) is 0 Å². The lowest BCUT2D eigenvalue weighted by molar-refractivity contribution is -0.142. The standard InChI is InChI=1S/C16H24N2O2/c1-18(2)11-13-6-3-4-9-15(13)17-14-8-5-7-12(10-14)16(19)20/h3-4,6,9,12,14,17H,5,7-8,10-11H2,1-2H3,(H,19,20). The van der Waals surface area contributed by atoms with Crippen LogP contribution in [0.5, 0.6) is 0 Å². The van der Waals surface area contributed by atoms with Gasteiger partial charge in [0.2, 0.25) is 0 Å². The fourth-order valence-corrected chi connectivity index (χ4v) is 2.90. The van der Waals surface area contributed by atoms with Crippen molar-refractivity contribution < 1.29 is 9.90 Å². The first kappa shape index (κ1) is 14.9. The number of aliphatic carboxylic acids is 1. The van der Waals surface area contributed by atoms with Crippen molar-refractivity contribution in [2.24, 2.45) is 5.92 Å². The third-order valence-corrected chi connectivity index (χ3v) is 3.89. The number of hydrogen-bond acceptors (Lipinski definition) is 3. The topological polar surface area (TPSA) is 52.6 Å². The largest absolute Gasteiger partial charge is 0.481 e. The first-order valence-corrected chi connectivity index (χ1v) is 7.28. The van der Waals surface area contributed by atoms with Gasteiger partial charge in [0, 0.05) is 18.3 Å². The summed E-state index contributed by atoms with van der Waals surface area (Å²) in [6.07, 6.45) is 3.59. The molecule has 110 valence electrons. The Morgan fingerprint density at radius 3 is 2.80 bits per heavy atom. The summed E-state index contributed by atoms with van der Waals surface area (Å²) in [5.74, 6) is -0.847. The van der Waals surface area contributed by atoms with E-state index in [0.29, 0.717) is 0 Å². The Balaban J connectivity index is 2.04. The molecular formula is C16H24N2O2. The molecule has 1 aromatic carbocycles. The van der Waals surface area contributed by atoms with Crippen molar-refractivity contribution in [2.45, 2.75) is 38.3 Å². The SMILES string of the molecule is CN(C)Cc1ccccc1NC1CCCC(C(=O)O)C1. The van der Waals surface area contributed by atoms with E-state index in [9.17, 15) is 4.79 Å². The number of anilines is 1. The van der Waals surface area contributed by atoms with Gasteiger partial charge in [-0.3, -0.25) is 4.79 Å². The van der Waals surface area contributed by atoms with E-state index in [0.717, 1.165) is 37.9 Å². The highest BCUT2D eigenvalue weighted by atomic mass is 16.4. The van der Waals surface area contributed by atoms with E-state index in [2.05, 4.69) is 36.4 Å². The van der Waals surface area contributed by atoms with Crippen molar-refractivity contribution in [3.8, 4) is 0 Å². The Kier molecular flexibility index (Phi) is 5.01. The molecule has 2 rings (SSSR count). The quantitative estimate of drug-likeness (QED) is 0.868. The Bertz CT molecular complexity index is 460. The molecule has 0 amide bonds. The van der Waals surface area contributed by atoms with Crippen LogP contribution in [0.3, 0.4) is 0 Å². The zero-order valence-corrected chi connectivity index (χ0v) is 12.3. The molecule has 20 heavy (non-hydrogen) atoms. The molecule has 1 saturated carbocycles. The maximum atomic E-state index is 11.1. The zero-order valence-electron chi connectivity index (χ0n) is 12.3. The Hall–Kier alpha value is -1.55. The van der Waals surface area contributed by atoms with Crippen LogP contribution in [0.1, 0.15) is 31.2 Å². The monoisotopic (exact) mass is 276 g/mol. The second-order valence-electron chi connectivity index (χ2n) is 5.94. The van der Waals surface area contributed by atoms with Crippen molar-refractivity contribution in [2.75, 3.05) is 19.4 Å². The third kappa shape index (κ3) is 3.97. The summed E-state index contributed by atoms with van der Waals surface area (Å²) >= 11 is 0. The molecule has 0 saturated heterocycles. The van der Waals surface area contributed by atoms with Crippen LogP contribution in [-0.2, 0) is 11.3 Å². The van der Waals surface area contributed by atoms with E-state index in [1.165, 1.54) is 5.56 Å². The number of rotatable bonds is 5. The fourth-order valence-electron chi connectivity index (χ4n) is 2.90. The third-order valence-electron chi connectivity index (χ3n) is 3.89. The number of hydrogen-bond donors (Lipinski definition) is 2. The average Bonchev–Trinajstić information content (AvgIpc) is 2.41. The van der Waals surface area contributed by atoms with Crippen LogP contribution in [0.25, 0.3) is 0 Å². The lowest BCUT2D eigenvalue weighted by Gasteiger charge is -2.29. The predicted molar refractivity (Wildman–Crippen MR) is 80.8 cm³/mol. The second kappa shape index (κ2) is 6.75. The van der Waals surface area contributed by atoms with Crippen LogP contribution in [0.2, 0.25) is 0 Å². The molecule has 0 radical (unpaired) electrons. The van der Waals surface area contributed by atoms with Crippen LogP contribution in [-0.4, -0.2) is 36.1 Å². The summed E-state index contributed by atoms with van der Waals surface area (Å²) in [4.78, 5) is 13.3. The highest BCUT2D eigenvalue weighted by Crippen LogP contribution is 2.28. The van der Waals surface area contributed by atoms with Gasteiger partial charge in [-0.2, -0.15) is 0 Å². The highest BCUT2D eigenvalue weighted by molar-refractivity contribution is 5.70. The minimum Gasteiger partial charge on any atom is -0.481 e. The Morgan fingerprint density at radius 2 is 2.10 bits per heavy atom. The van der Waals surface area contributed by atoms with Crippen LogP contribution in [0.15, 0.2) is 24.3 Å². The van der Waals surface area contributed by atoms with Gasteiger partial charge in [-0.1, -0.05) is 24.6 Å². The minimum absolute atomic E-state index is 0.192. The van der Waals surface area contributed by atoms with Gasteiger partial charge in [0.1, 0.15) is 0 Å². The highest BCUT2D eigenvalue weighted by Gasteiger charge is 2.27. The molecule has 2 N–H and O–H groups in total. The van der Waals surface area contributed by atoms with Crippen molar-refractivity contribution in [3.05, 3.63) is 29.8 Å². The fraction of sp³-hybridized carbons (Fsp3) is 0.562. The smallest absolute Gasteiger partial charge is 0.306 e. The summed E-state index contributed by atoms with van der Waals surface area (Å²) in [5.41, 5.74) is 2.40. The van der Waals surface area contributed by atoms with Crippen molar-refractivity contribution >= 4 is 11.7 Å². The van der Waals surface area contributed by atoms with E-state index >= 15 is 0 Å². The zero-order chi connectivity index (χ0) is 14.5. The van der Waals surface area contributed by atoms with Crippen molar-refractivity contribution in [1.82, 2.24) is 4.90 Å². The lowest BCUT2D eigenvalue weighted by Crippen LogP contribution is -2.31. The molecule has 1 aliphatic carbocycles. The van der Waals surface area contributed by atoms with E-state index in [-0.39, 0.29) is 12.0 Å². The normalized spacial score (nSPS) is 22.8. The van der Waals surface area contributed by atoms with E-state index in [1.54, 1.807) is 0 Å². The molecule has 1 aromatic rings. The maximum Gasteiger partial charge on any atom is 0.306 e. The van der Waals surface area contributed by atoms with Crippen molar-refractivity contribution in [1.29, 1.82) is 0 Å². The van der Waals surface area contributed by atoms with Crippen LogP contribution in [0, 0.1) is 5.92 Å².